The summed E-state index contributed by atoms with van der Waals surface area (Å²) in [5.74, 6) is -1.43. The van der Waals surface area contributed by atoms with Gasteiger partial charge in [-0.3, -0.25) is 9.59 Å². The number of cyclic esters (lactones) is 1. The summed E-state index contributed by atoms with van der Waals surface area (Å²) in [5.41, 5.74) is -0.580. The van der Waals surface area contributed by atoms with E-state index in [1.807, 2.05) is 73.5 Å². The highest BCUT2D eigenvalue weighted by Crippen LogP contribution is 2.45. The minimum Gasteiger partial charge on any atom is -0.462 e. The van der Waals surface area contributed by atoms with Crippen LogP contribution < -0.4 is 0 Å². The first-order valence-electron chi connectivity index (χ1n) is 15.2. The van der Waals surface area contributed by atoms with Crippen LogP contribution in [-0.4, -0.2) is 95.5 Å². The van der Waals surface area contributed by atoms with Crippen LogP contribution in [0.25, 0.3) is 0 Å². The van der Waals surface area contributed by atoms with Crippen LogP contribution >= 0.6 is 0 Å². The summed E-state index contributed by atoms with van der Waals surface area (Å²) in [5, 5.41) is 22.4. The lowest BCUT2D eigenvalue weighted by Crippen LogP contribution is -2.56. The maximum absolute atomic E-state index is 13.2. The van der Waals surface area contributed by atoms with Gasteiger partial charge in [-0.1, -0.05) is 41.0 Å². The molecule has 9 heteroatoms. The Labute approximate surface area is 240 Å². The highest BCUT2D eigenvalue weighted by Gasteiger charge is 2.55. The zero-order valence-corrected chi connectivity index (χ0v) is 25.9. The standard InChI is InChI=1S/C31H53NO8/c1-10-21-14-17(3)23(33)12-13-31(7)29(40-31)20(6)25(11-2)38-26(35)16-24(34)19(5)28(21)39-30-27(36)22(32(8)9)15-18(4)37-30/h12-13,17-22,24-25,27-30,34,36H,10-11,14-16H2,1-9H3/b13-12+/t17-,18-,19+,20-,21+,22+,24-,25-,27-,28-,29+,30+,31+/m1/s1. The summed E-state index contributed by atoms with van der Waals surface area (Å²) >= 11 is 0. The van der Waals surface area contributed by atoms with Gasteiger partial charge in [0.15, 0.2) is 12.1 Å². The first-order valence-corrected chi connectivity index (χ1v) is 15.2. The number of aliphatic hydroxyl groups is 2. The number of allylic oxidation sites excluding steroid dienone is 1. The van der Waals surface area contributed by atoms with Crippen LogP contribution in [0.2, 0.25) is 0 Å². The van der Waals surface area contributed by atoms with Crippen LogP contribution in [0.4, 0.5) is 0 Å². The van der Waals surface area contributed by atoms with E-state index in [4.69, 9.17) is 18.9 Å². The fraction of sp³-hybridized carbons (Fsp3) is 0.871. The monoisotopic (exact) mass is 567 g/mol. The van der Waals surface area contributed by atoms with E-state index in [-0.39, 0.29) is 54.3 Å². The fourth-order valence-electron chi connectivity index (χ4n) is 6.54. The van der Waals surface area contributed by atoms with Crippen molar-refractivity contribution in [2.75, 3.05) is 14.1 Å². The van der Waals surface area contributed by atoms with Gasteiger partial charge in [-0.2, -0.15) is 0 Å². The van der Waals surface area contributed by atoms with Crippen LogP contribution in [0.15, 0.2) is 12.2 Å². The molecule has 0 aromatic carbocycles. The van der Waals surface area contributed by atoms with Gasteiger partial charge in [0.1, 0.15) is 17.8 Å². The molecular formula is C31H53NO8. The number of fused-ring (bicyclic) bond motifs is 1. The molecule has 2 saturated heterocycles. The van der Waals surface area contributed by atoms with Gasteiger partial charge >= 0.3 is 5.97 Å². The normalized spacial score (nSPS) is 46.5. The maximum Gasteiger partial charge on any atom is 0.308 e. The quantitative estimate of drug-likeness (QED) is 0.380. The lowest BCUT2D eigenvalue weighted by Gasteiger charge is -2.44. The van der Waals surface area contributed by atoms with E-state index in [9.17, 15) is 19.8 Å². The number of ether oxygens (including phenoxy) is 4. The third-order valence-electron chi connectivity index (χ3n) is 9.42. The highest BCUT2D eigenvalue weighted by molar-refractivity contribution is 5.91. The zero-order valence-electron chi connectivity index (χ0n) is 25.9. The van der Waals surface area contributed by atoms with Crippen LogP contribution in [0.5, 0.6) is 0 Å². The Balaban J connectivity index is 1.92. The third-order valence-corrected chi connectivity index (χ3v) is 9.42. The van der Waals surface area contributed by atoms with Crippen LogP contribution in [0, 0.1) is 23.7 Å². The molecule has 0 aliphatic carbocycles. The molecule has 0 unspecified atom stereocenters. The lowest BCUT2D eigenvalue weighted by atomic mass is 9.79. The number of likely N-dealkylation sites (N-methyl/N-ethyl adjacent to an activating group) is 1. The molecule has 40 heavy (non-hydrogen) atoms. The van der Waals surface area contributed by atoms with Crippen LogP contribution in [0.1, 0.15) is 80.6 Å². The van der Waals surface area contributed by atoms with E-state index in [2.05, 4.69) is 0 Å². The average molecular weight is 568 g/mol. The molecule has 9 nitrogen and oxygen atoms in total. The molecule has 2 fully saturated rings. The van der Waals surface area contributed by atoms with Crippen LogP contribution in [-0.2, 0) is 28.5 Å². The van der Waals surface area contributed by atoms with Gasteiger partial charge < -0.3 is 34.1 Å². The molecule has 13 atom stereocenters. The molecular weight excluding hydrogens is 514 g/mol. The third kappa shape index (κ3) is 7.72. The van der Waals surface area contributed by atoms with Crippen molar-refractivity contribution >= 4 is 11.8 Å². The van der Waals surface area contributed by atoms with E-state index in [0.717, 1.165) is 0 Å². The number of hydrogen-bond acceptors (Lipinski definition) is 9. The van der Waals surface area contributed by atoms with Crippen molar-refractivity contribution in [3.8, 4) is 0 Å². The number of aliphatic hydroxyl groups excluding tert-OH is 2. The Morgan fingerprint density at radius 1 is 1.05 bits per heavy atom. The van der Waals surface area contributed by atoms with Crippen molar-refractivity contribution in [1.82, 2.24) is 4.90 Å². The minimum atomic E-state index is -1.04. The molecule has 0 radical (unpaired) electrons. The molecule has 0 amide bonds. The molecule has 0 spiro atoms. The first kappa shape index (κ1) is 33.1. The lowest BCUT2D eigenvalue weighted by molar-refractivity contribution is -0.283. The minimum absolute atomic E-state index is 0.00865. The van der Waals surface area contributed by atoms with Crippen molar-refractivity contribution in [3.05, 3.63) is 12.2 Å². The molecule has 3 rings (SSSR count). The number of nitrogens with zero attached hydrogens (tertiary/aromatic N) is 1. The second-order valence-corrected chi connectivity index (χ2v) is 12.9. The summed E-state index contributed by atoms with van der Waals surface area (Å²) in [6.07, 6.45) is 1.71. The smallest absolute Gasteiger partial charge is 0.308 e. The second-order valence-electron chi connectivity index (χ2n) is 12.9. The summed E-state index contributed by atoms with van der Waals surface area (Å²) in [7, 11) is 3.84. The first-order chi connectivity index (χ1) is 18.7. The Kier molecular flexibility index (Phi) is 11.4. The SMILES string of the molecule is CC[C@H]1C[C@@H](C)C(=O)/C=C/[C@]2(C)O[C@H]2[C@H](C)[C@@H](CC)OC(=O)C[C@@H](O)[C@H](C)[C@H]1O[C@@H]1O[C@H](C)C[C@H](N(C)C)[C@H]1O. The van der Waals surface area contributed by atoms with Crippen molar-refractivity contribution < 1.29 is 38.7 Å². The maximum atomic E-state index is 13.2. The fourth-order valence-corrected chi connectivity index (χ4v) is 6.54. The zero-order chi connectivity index (χ0) is 29.9. The molecule has 2 N–H and O–H groups in total. The Hall–Kier alpha value is -1.36. The number of carbonyl (C=O) groups excluding carboxylic acids is 2. The van der Waals surface area contributed by atoms with Gasteiger partial charge in [0.05, 0.1) is 30.8 Å². The average Bonchev–Trinajstić information content (AvgIpc) is 3.58. The van der Waals surface area contributed by atoms with E-state index in [1.54, 1.807) is 6.08 Å². The predicted octanol–water partition coefficient (Wildman–Crippen LogP) is 3.49. The molecule has 3 heterocycles. The number of rotatable bonds is 5. The van der Waals surface area contributed by atoms with E-state index in [1.165, 1.54) is 0 Å². The number of hydrogen-bond donors (Lipinski definition) is 2. The Morgan fingerprint density at radius 3 is 2.33 bits per heavy atom. The van der Waals surface area contributed by atoms with Gasteiger partial charge in [-0.05, 0) is 65.3 Å². The Bertz CT molecular complexity index is 895. The van der Waals surface area contributed by atoms with Crippen molar-refractivity contribution in [2.24, 2.45) is 23.7 Å². The summed E-state index contributed by atoms with van der Waals surface area (Å²) in [6.45, 7) is 13.6. The van der Waals surface area contributed by atoms with Gasteiger partial charge in [-0.15, -0.1) is 0 Å². The van der Waals surface area contributed by atoms with Crippen molar-refractivity contribution in [3.63, 3.8) is 0 Å². The number of esters is 1. The van der Waals surface area contributed by atoms with Gasteiger partial charge in [0.25, 0.3) is 0 Å². The van der Waals surface area contributed by atoms with Crippen molar-refractivity contribution in [1.29, 1.82) is 0 Å². The summed E-state index contributed by atoms with van der Waals surface area (Å²) in [6, 6.07) is -0.149. The topological polar surface area (TPSA) is 118 Å². The largest absolute Gasteiger partial charge is 0.462 e. The van der Waals surface area contributed by atoms with Gasteiger partial charge in [-0.25, -0.2) is 0 Å². The molecule has 0 aromatic heterocycles. The highest BCUT2D eigenvalue weighted by atomic mass is 16.7. The van der Waals surface area contributed by atoms with E-state index in [0.29, 0.717) is 25.7 Å². The molecule has 0 aromatic rings. The molecule has 0 bridgehead atoms. The molecule has 0 saturated carbocycles. The number of epoxide rings is 1. The Morgan fingerprint density at radius 2 is 1.73 bits per heavy atom. The number of ketones is 1. The second kappa shape index (κ2) is 13.7. The summed E-state index contributed by atoms with van der Waals surface area (Å²) < 4.78 is 24.4. The van der Waals surface area contributed by atoms with Gasteiger partial charge in [0, 0.05) is 23.8 Å². The molecule has 230 valence electrons. The summed E-state index contributed by atoms with van der Waals surface area (Å²) in [4.78, 5) is 28.2. The molecule has 3 aliphatic rings. The molecule has 3 aliphatic heterocycles. The predicted molar refractivity (Wildman–Crippen MR) is 151 cm³/mol. The van der Waals surface area contributed by atoms with Crippen molar-refractivity contribution in [2.45, 2.75) is 135 Å². The van der Waals surface area contributed by atoms with Gasteiger partial charge in [0.2, 0.25) is 0 Å². The van der Waals surface area contributed by atoms with Crippen LogP contribution in [0.3, 0.4) is 0 Å². The van der Waals surface area contributed by atoms with E-state index < -0.39 is 42.1 Å². The van der Waals surface area contributed by atoms with E-state index >= 15 is 0 Å². The number of carbonyl (C=O) groups is 2.